The van der Waals surface area contributed by atoms with Crippen molar-refractivity contribution in [3.63, 3.8) is 0 Å². The molecular weight excluding hydrogens is 374 g/mol. The Morgan fingerprint density at radius 2 is 1.79 bits per heavy atom. The first-order valence-corrected chi connectivity index (χ1v) is 9.23. The minimum atomic E-state index is -0.271. The van der Waals surface area contributed by atoms with Crippen molar-refractivity contribution >= 4 is 12.0 Å². The monoisotopic (exact) mass is 399 g/mol. The second-order valence-electron chi connectivity index (χ2n) is 6.42. The van der Waals surface area contributed by atoms with Crippen LogP contribution in [0.3, 0.4) is 0 Å². The fourth-order valence-electron chi connectivity index (χ4n) is 3.08. The molecule has 1 amide bonds. The highest BCUT2D eigenvalue weighted by Gasteiger charge is 2.18. The lowest BCUT2D eigenvalue weighted by molar-refractivity contribution is -0.117. The van der Waals surface area contributed by atoms with Gasteiger partial charge in [0.05, 0.1) is 27.4 Å². The number of carbonyl (C=O) groups excluding carboxylic acids is 1. The number of amides is 1. The van der Waals surface area contributed by atoms with Gasteiger partial charge in [-0.2, -0.15) is 0 Å². The van der Waals surface area contributed by atoms with Gasteiger partial charge in [0.25, 0.3) is 0 Å². The quantitative estimate of drug-likeness (QED) is 0.720. The van der Waals surface area contributed by atoms with E-state index in [1.54, 1.807) is 33.5 Å². The van der Waals surface area contributed by atoms with Crippen LogP contribution in [0.15, 0.2) is 36.4 Å². The summed E-state index contributed by atoms with van der Waals surface area (Å²) < 4.78 is 27.2. The average Bonchev–Trinajstić information content (AvgIpc) is 2.76. The Labute approximate surface area is 170 Å². The Morgan fingerprint density at radius 3 is 2.52 bits per heavy atom. The van der Waals surface area contributed by atoms with Gasteiger partial charge >= 0.3 is 0 Å². The van der Waals surface area contributed by atoms with Gasteiger partial charge in [-0.25, -0.2) is 0 Å². The van der Waals surface area contributed by atoms with E-state index in [1.165, 1.54) is 6.08 Å². The molecule has 0 aromatic heterocycles. The summed E-state index contributed by atoms with van der Waals surface area (Å²) in [5.41, 5.74) is 1.60. The Bertz CT molecular complexity index is 891. The van der Waals surface area contributed by atoms with E-state index >= 15 is 0 Å². The number of nitrogens with one attached hydrogen (secondary N) is 1. The van der Waals surface area contributed by atoms with Crippen molar-refractivity contribution in [2.45, 2.75) is 13.0 Å². The molecule has 0 saturated carbocycles. The zero-order valence-electron chi connectivity index (χ0n) is 17.0. The van der Waals surface area contributed by atoms with Crippen LogP contribution in [0.1, 0.15) is 24.1 Å². The molecule has 1 heterocycles. The molecule has 29 heavy (non-hydrogen) atoms. The summed E-state index contributed by atoms with van der Waals surface area (Å²) in [5.74, 6) is 2.89. The maximum Gasteiger partial charge on any atom is 0.244 e. The Kier molecular flexibility index (Phi) is 6.49. The number of benzene rings is 2. The molecule has 0 aliphatic carbocycles. The normalized spacial score (nSPS) is 13.7. The van der Waals surface area contributed by atoms with Gasteiger partial charge in [-0.15, -0.1) is 0 Å². The lowest BCUT2D eigenvalue weighted by Gasteiger charge is -2.21. The third-order valence-electron chi connectivity index (χ3n) is 4.54. The van der Waals surface area contributed by atoms with Crippen LogP contribution in [0.2, 0.25) is 0 Å². The zero-order valence-corrected chi connectivity index (χ0v) is 17.0. The van der Waals surface area contributed by atoms with Crippen molar-refractivity contribution < 1.29 is 28.5 Å². The summed E-state index contributed by atoms with van der Waals surface area (Å²) in [5, 5.41) is 2.93. The lowest BCUT2D eigenvalue weighted by atomic mass is 10.1. The van der Waals surface area contributed by atoms with Crippen LogP contribution in [0.25, 0.3) is 6.08 Å². The molecule has 1 aliphatic heterocycles. The molecule has 2 aromatic carbocycles. The maximum absolute atomic E-state index is 12.4. The maximum atomic E-state index is 12.4. The average molecular weight is 399 g/mol. The first kappa shape index (κ1) is 20.4. The Hall–Kier alpha value is -3.35. The van der Waals surface area contributed by atoms with Gasteiger partial charge in [0.1, 0.15) is 24.7 Å². The van der Waals surface area contributed by atoms with Gasteiger partial charge in [0, 0.05) is 11.6 Å². The van der Waals surface area contributed by atoms with Gasteiger partial charge < -0.3 is 29.0 Å². The van der Waals surface area contributed by atoms with Crippen LogP contribution in [0, 0.1) is 0 Å². The number of hydrogen-bond donors (Lipinski definition) is 1. The van der Waals surface area contributed by atoms with E-state index in [-0.39, 0.29) is 11.9 Å². The molecule has 154 valence electrons. The highest BCUT2D eigenvalue weighted by atomic mass is 16.6. The largest absolute Gasteiger partial charge is 0.497 e. The predicted octanol–water partition coefficient (Wildman–Crippen LogP) is 3.37. The van der Waals surface area contributed by atoms with Crippen LogP contribution in [-0.4, -0.2) is 40.5 Å². The zero-order chi connectivity index (χ0) is 20.8. The summed E-state index contributed by atoms with van der Waals surface area (Å²) in [6.07, 6.45) is 3.17. The highest BCUT2D eigenvalue weighted by Crippen LogP contribution is 2.40. The number of hydrogen-bond acceptors (Lipinski definition) is 6. The van der Waals surface area contributed by atoms with Crippen LogP contribution in [-0.2, 0) is 4.79 Å². The standard InChI is InChI=1S/C22H25NO6/c1-14(17-13-16(25-2)6-7-18(17)26-3)23-21(24)8-5-15-11-19(27-4)22-20(12-15)28-9-10-29-22/h5-8,11-14H,9-10H2,1-4H3,(H,23,24)/b8-5+/t14-/m1/s1. The minimum absolute atomic E-state index is 0.240. The van der Waals surface area contributed by atoms with Crippen LogP contribution < -0.4 is 29.0 Å². The molecule has 0 fully saturated rings. The summed E-state index contributed by atoms with van der Waals surface area (Å²) in [6, 6.07) is 8.81. The van der Waals surface area contributed by atoms with Crippen molar-refractivity contribution in [2.24, 2.45) is 0 Å². The third-order valence-corrected chi connectivity index (χ3v) is 4.54. The van der Waals surface area contributed by atoms with Gasteiger partial charge in [-0.1, -0.05) is 0 Å². The Balaban J connectivity index is 1.73. The van der Waals surface area contributed by atoms with E-state index in [1.807, 2.05) is 31.2 Å². The van der Waals surface area contributed by atoms with Gasteiger partial charge in [-0.05, 0) is 48.9 Å². The summed E-state index contributed by atoms with van der Waals surface area (Å²) in [4.78, 5) is 12.4. The summed E-state index contributed by atoms with van der Waals surface area (Å²) >= 11 is 0. The molecule has 1 aliphatic rings. The third kappa shape index (κ3) is 4.74. The number of rotatable bonds is 7. The topological polar surface area (TPSA) is 75.3 Å². The summed E-state index contributed by atoms with van der Waals surface area (Å²) in [7, 11) is 4.76. The van der Waals surface area contributed by atoms with Gasteiger partial charge in [0.15, 0.2) is 11.5 Å². The fourth-order valence-corrected chi connectivity index (χ4v) is 3.08. The molecule has 2 aromatic rings. The van der Waals surface area contributed by atoms with E-state index in [4.69, 9.17) is 23.7 Å². The second kappa shape index (κ2) is 9.23. The van der Waals surface area contributed by atoms with E-state index < -0.39 is 0 Å². The molecule has 0 spiro atoms. The van der Waals surface area contributed by atoms with Crippen molar-refractivity contribution in [2.75, 3.05) is 34.5 Å². The number of methoxy groups -OCH3 is 3. The molecule has 0 saturated heterocycles. The fraction of sp³-hybridized carbons (Fsp3) is 0.318. The van der Waals surface area contributed by atoms with Crippen molar-refractivity contribution in [3.05, 3.63) is 47.5 Å². The SMILES string of the molecule is COc1ccc(OC)c([C@@H](C)NC(=O)/C=C/c2cc(OC)c3c(c2)OCCO3)c1. The molecule has 3 rings (SSSR count). The van der Waals surface area contributed by atoms with E-state index in [9.17, 15) is 4.79 Å². The molecule has 7 heteroatoms. The van der Waals surface area contributed by atoms with Gasteiger partial charge in [0.2, 0.25) is 11.7 Å². The van der Waals surface area contributed by atoms with Crippen molar-refractivity contribution in [1.82, 2.24) is 5.32 Å². The molecule has 0 radical (unpaired) electrons. The van der Waals surface area contributed by atoms with Crippen LogP contribution in [0.5, 0.6) is 28.7 Å². The minimum Gasteiger partial charge on any atom is -0.497 e. The first-order valence-electron chi connectivity index (χ1n) is 9.23. The van der Waals surface area contributed by atoms with E-state index in [0.29, 0.717) is 42.0 Å². The highest BCUT2D eigenvalue weighted by molar-refractivity contribution is 5.92. The molecule has 7 nitrogen and oxygen atoms in total. The lowest BCUT2D eigenvalue weighted by Crippen LogP contribution is -2.25. The van der Waals surface area contributed by atoms with Crippen LogP contribution in [0.4, 0.5) is 0 Å². The van der Waals surface area contributed by atoms with Crippen molar-refractivity contribution in [1.29, 1.82) is 0 Å². The van der Waals surface area contributed by atoms with Crippen molar-refractivity contribution in [3.8, 4) is 28.7 Å². The van der Waals surface area contributed by atoms with Crippen LogP contribution >= 0.6 is 0 Å². The van der Waals surface area contributed by atoms with Gasteiger partial charge in [-0.3, -0.25) is 4.79 Å². The first-order chi connectivity index (χ1) is 14.0. The number of carbonyl (C=O) groups is 1. The van der Waals surface area contributed by atoms with E-state index in [2.05, 4.69) is 5.32 Å². The molecular formula is C22H25NO6. The summed E-state index contributed by atoms with van der Waals surface area (Å²) in [6.45, 7) is 2.84. The smallest absolute Gasteiger partial charge is 0.244 e. The number of ether oxygens (including phenoxy) is 5. The molecule has 0 bridgehead atoms. The molecule has 1 atom stereocenters. The second-order valence-corrected chi connectivity index (χ2v) is 6.42. The molecule has 1 N–H and O–H groups in total. The number of fused-ring (bicyclic) bond motifs is 1. The molecule has 0 unspecified atom stereocenters. The Morgan fingerprint density at radius 1 is 1.03 bits per heavy atom. The van der Waals surface area contributed by atoms with E-state index in [0.717, 1.165) is 11.1 Å². The predicted molar refractivity (Wildman–Crippen MR) is 109 cm³/mol.